The van der Waals surface area contributed by atoms with E-state index in [9.17, 15) is 9.59 Å². The third-order valence-corrected chi connectivity index (χ3v) is 4.60. The minimum atomic E-state index is -0.226. The molecule has 7 heteroatoms. The van der Waals surface area contributed by atoms with Gasteiger partial charge >= 0.3 is 0 Å². The van der Waals surface area contributed by atoms with Crippen molar-refractivity contribution in [3.8, 4) is 0 Å². The fraction of sp³-hybridized carbons (Fsp3) is 0.353. The molecule has 1 aliphatic rings. The van der Waals surface area contributed by atoms with Gasteiger partial charge in [-0.05, 0) is 41.3 Å². The second-order valence-electron chi connectivity index (χ2n) is 5.85. The van der Waals surface area contributed by atoms with Crippen molar-refractivity contribution < 1.29 is 9.59 Å². The Morgan fingerprint density at radius 1 is 1.38 bits per heavy atom. The molecule has 2 N–H and O–H groups in total. The molecule has 2 aromatic rings. The molecule has 0 unspecified atom stereocenters. The Labute approximate surface area is 144 Å². The number of nitrogens with one attached hydrogen (secondary N) is 2. The summed E-state index contributed by atoms with van der Waals surface area (Å²) in [6, 6.07) is 2.24. The van der Waals surface area contributed by atoms with E-state index < -0.39 is 0 Å². The number of thiophene rings is 1. The lowest BCUT2D eigenvalue weighted by atomic mass is 10.2. The molecule has 2 aromatic heterocycles. The van der Waals surface area contributed by atoms with Gasteiger partial charge in [-0.25, -0.2) is 0 Å². The smallest absolute Gasteiger partial charge is 0.248 e. The average molecular weight is 344 g/mol. The second kappa shape index (κ2) is 7.92. The lowest BCUT2D eigenvalue weighted by molar-refractivity contribution is -0.122. The Morgan fingerprint density at radius 2 is 2.21 bits per heavy atom. The van der Waals surface area contributed by atoms with Crippen LogP contribution in [0.2, 0.25) is 0 Å². The SMILES string of the molecule is O=C(/C=C/c1ccsc1)Nc1cnn(CC(=O)NC2CCCC2)c1. The topological polar surface area (TPSA) is 76.0 Å². The van der Waals surface area contributed by atoms with Crippen LogP contribution >= 0.6 is 11.3 Å². The zero-order valence-electron chi connectivity index (χ0n) is 13.3. The number of aromatic nitrogens is 2. The first kappa shape index (κ1) is 16.4. The Balaban J connectivity index is 1.47. The van der Waals surface area contributed by atoms with Gasteiger partial charge in [0.2, 0.25) is 11.8 Å². The molecule has 1 saturated carbocycles. The third-order valence-electron chi connectivity index (χ3n) is 3.90. The summed E-state index contributed by atoms with van der Waals surface area (Å²) >= 11 is 1.58. The number of nitrogens with zero attached hydrogens (tertiary/aromatic N) is 2. The van der Waals surface area contributed by atoms with Crippen LogP contribution in [0.1, 0.15) is 31.2 Å². The highest BCUT2D eigenvalue weighted by molar-refractivity contribution is 7.08. The molecule has 0 aromatic carbocycles. The van der Waals surface area contributed by atoms with Gasteiger partial charge < -0.3 is 10.6 Å². The zero-order valence-corrected chi connectivity index (χ0v) is 14.1. The van der Waals surface area contributed by atoms with E-state index in [1.54, 1.807) is 29.8 Å². The van der Waals surface area contributed by atoms with Crippen molar-refractivity contribution in [1.29, 1.82) is 0 Å². The van der Waals surface area contributed by atoms with Crippen molar-refractivity contribution in [2.45, 2.75) is 38.3 Å². The highest BCUT2D eigenvalue weighted by Gasteiger charge is 2.17. The summed E-state index contributed by atoms with van der Waals surface area (Å²) in [6.07, 6.45) is 10.9. The van der Waals surface area contributed by atoms with Crippen LogP contribution in [0.25, 0.3) is 6.08 Å². The lowest BCUT2D eigenvalue weighted by Gasteiger charge is -2.11. The maximum Gasteiger partial charge on any atom is 0.248 e. The van der Waals surface area contributed by atoms with Gasteiger partial charge in [0.15, 0.2) is 0 Å². The van der Waals surface area contributed by atoms with Crippen LogP contribution in [0.3, 0.4) is 0 Å². The molecule has 0 bridgehead atoms. The zero-order chi connectivity index (χ0) is 16.8. The van der Waals surface area contributed by atoms with Crippen LogP contribution in [0.15, 0.2) is 35.3 Å². The van der Waals surface area contributed by atoms with E-state index in [1.165, 1.54) is 23.6 Å². The first-order chi connectivity index (χ1) is 11.7. The Hall–Kier alpha value is -2.41. The standard InChI is InChI=1S/C17H20N4O2S/c22-16(6-5-13-7-8-24-12-13)20-15-9-18-21(10-15)11-17(23)19-14-3-1-2-4-14/h5-10,12,14H,1-4,11H2,(H,19,23)(H,20,22)/b6-5+. The molecule has 0 saturated heterocycles. The van der Waals surface area contributed by atoms with Crippen molar-refractivity contribution in [1.82, 2.24) is 15.1 Å². The molecular weight excluding hydrogens is 324 g/mol. The minimum absolute atomic E-state index is 0.0415. The molecule has 2 heterocycles. The number of anilines is 1. The van der Waals surface area contributed by atoms with Gasteiger partial charge in [0, 0.05) is 18.3 Å². The first-order valence-corrected chi connectivity index (χ1v) is 8.96. The van der Waals surface area contributed by atoms with Crippen molar-refractivity contribution in [3.05, 3.63) is 40.9 Å². The largest absolute Gasteiger partial charge is 0.352 e. The number of carbonyl (C=O) groups is 2. The van der Waals surface area contributed by atoms with Gasteiger partial charge in [0.1, 0.15) is 6.54 Å². The molecule has 2 amide bonds. The average Bonchev–Trinajstić information content (AvgIpc) is 3.28. The van der Waals surface area contributed by atoms with Crippen LogP contribution in [0.5, 0.6) is 0 Å². The minimum Gasteiger partial charge on any atom is -0.352 e. The van der Waals surface area contributed by atoms with Gasteiger partial charge in [0.05, 0.1) is 11.9 Å². The second-order valence-corrected chi connectivity index (χ2v) is 6.63. The molecular formula is C17H20N4O2S. The Morgan fingerprint density at radius 3 is 2.96 bits per heavy atom. The maximum atomic E-state index is 12.0. The van der Waals surface area contributed by atoms with Gasteiger partial charge in [-0.3, -0.25) is 14.3 Å². The van der Waals surface area contributed by atoms with E-state index in [0.717, 1.165) is 18.4 Å². The van der Waals surface area contributed by atoms with Gasteiger partial charge in [-0.15, -0.1) is 0 Å². The molecule has 0 spiro atoms. The van der Waals surface area contributed by atoms with Crippen LogP contribution in [-0.4, -0.2) is 27.6 Å². The monoisotopic (exact) mass is 344 g/mol. The summed E-state index contributed by atoms with van der Waals surface area (Å²) < 4.78 is 1.53. The predicted octanol–water partition coefficient (Wildman–Crippen LogP) is 2.66. The fourth-order valence-electron chi connectivity index (χ4n) is 2.73. The summed E-state index contributed by atoms with van der Waals surface area (Å²) in [5, 5.41) is 13.8. The molecule has 24 heavy (non-hydrogen) atoms. The summed E-state index contributed by atoms with van der Waals surface area (Å²) in [7, 11) is 0. The van der Waals surface area contributed by atoms with Gasteiger partial charge in [-0.2, -0.15) is 16.4 Å². The molecule has 126 valence electrons. The number of carbonyl (C=O) groups excluding carboxylic acids is 2. The summed E-state index contributed by atoms with van der Waals surface area (Å²) in [5.74, 6) is -0.267. The Bertz CT molecular complexity index is 715. The van der Waals surface area contributed by atoms with Gasteiger partial charge in [-0.1, -0.05) is 12.8 Å². The summed E-state index contributed by atoms with van der Waals surface area (Å²) in [4.78, 5) is 23.8. The van der Waals surface area contributed by atoms with Crippen molar-refractivity contribution in [2.75, 3.05) is 5.32 Å². The summed E-state index contributed by atoms with van der Waals surface area (Å²) in [5.41, 5.74) is 1.57. The van der Waals surface area contributed by atoms with Crippen molar-refractivity contribution in [3.63, 3.8) is 0 Å². The van der Waals surface area contributed by atoms with E-state index in [1.807, 2.05) is 16.8 Å². The van der Waals surface area contributed by atoms with E-state index in [4.69, 9.17) is 0 Å². The van der Waals surface area contributed by atoms with E-state index in [2.05, 4.69) is 15.7 Å². The fourth-order valence-corrected chi connectivity index (χ4v) is 3.36. The van der Waals surface area contributed by atoms with E-state index in [0.29, 0.717) is 11.7 Å². The molecule has 0 radical (unpaired) electrons. The van der Waals surface area contributed by atoms with Crippen molar-refractivity contribution in [2.24, 2.45) is 0 Å². The number of rotatable bonds is 6. The van der Waals surface area contributed by atoms with Gasteiger partial charge in [0.25, 0.3) is 0 Å². The Kier molecular flexibility index (Phi) is 5.43. The quantitative estimate of drug-likeness (QED) is 0.791. The van der Waals surface area contributed by atoms with Crippen LogP contribution in [0, 0.1) is 0 Å². The highest BCUT2D eigenvalue weighted by atomic mass is 32.1. The highest BCUT2D eigenvalue weighted by Crippen LogP contribution is 2.17. The predicted molar refractivity (Wildman–Crippen MR) is 94.6 cm³/mol. The van der Waals surface area contributed by atoms with Crippen LogP contribution in [0.4, 0.5) is 5.69 Å². The van der Waals surface area contributed by atoms with Crippen LogP contribution in [-0.2, 0) is 16.1 Å². The molecule has 1 fully saturated rings. The van der Waals surface area contributed by atoms with Crippen molar-refractivity contribution >= 4 is 34.9 Å². The first-order valence-electron chi connectivity index (χ1n) is 8.02. The molecule has 0 atom stereocenters. The maximum absolute atomic E-state index is 12.0. The molecule has 0 aliphatic heterocycles. The third kappa shape index (κ3) is 4.79. The molecule has 6 nitrogen and oxygen atoms in total. The summed E-state index contributed by atoms with van der Waals surface area (Å²) in [6.45, 7) is 0.164. The van der Waals surface area contributed by atoms with E-state index >= 15 is 0 Å². The number of amides is 2. The number of hydrogen-bond donors (Lipinski definition) is 2. The molecule has 3 rings (SSSR count). The molecule has 1 aliphatic carbocycles. The number of hydrogen-bond acceptors (Lipinski definition) is 4. The van der Waals surface area contributed by atoms with E-state index in [-0.39, 0.29) is 18.4 Å². The normalized spacial score (nSPS) is 15.0. The lowest BCUT2D eigenvalue weighted by Crippen LogP contribution is -2.35. The van der Waals surface area contributed by atoms with Crippen LogP contribution < -0.4 is 10.6 Å².